The van der Waals surface area contributed by atoms with E-state index in [1.54, 1.807) is 5.01 Å². The lowest BCUT2D eigenvalue weighted by Crippen LogP contribution is -2.37. The molecule has 0 saturated carbocycles. The lowest BCUT2D eigenvalue weighted by molar-refractivity contribution is -0.118. The van der Waals surface area contributed by atoms with Gasteiger partial charge < -0.3 is 10.7 Å². The minimum Gasteiger partial charge on any atom is -0.401 e. The van der Waals surface area contributed by atoms with Crippen molar-refractivity contribution in [2.24, 2.45) is 41.2 Å². The Morgan fingerprint density at radius 2 is 1.75 bits per heavy atom. The van der Waals surface area contributed by atoms with Crippen LogP contribution in [0.3, 0.4) is 0 Å². The molecule has 292 valence electrons. The number of allylic oxidation sites excluding steroid dienone is 11. The van der Waals surface area contributed by atoms with Crippen molar-refractivity contribution in [3.8, 4) is 0 Å². The third kappa shape index (κ3) is 17.1. The Labute approximate surface area is 337 Å². The summed E-state index contributed by atoms with van der Waals surface area (Å²) in [5.74, 6) is 8.89. The van der Waals surface area contributed by atoms with E-state index in [9.17, 15) is 4.79 Å². The lowest BCUT2D eigenvalue weighted by Gasteiger charge is -2.29. The van der Waals surface area contributed by atoms with Gasteiger partial charge in [0.05, 0.1) is 0 Å². The summed E-state index contributed by atoms with van der Waals surface area (Å²) in [6, 6.07) is 8.82. The molecule has 5 atom stereocenters. The van der Waals surface area contributed by atoms with E-state index in [0.29, 0.717) is 30.2 Å². The van der Waals surface area contributed by atoms with Crippen molar-refractivity contribution in [3.05, 3.63) is 117 Å². The first-order valence-electron chi connectivity index (χ1n) is 20.4. The summed E-state index contributed by atoms with van der Waals surface area (Å²) in [6.45, 7) is 23.4. The molecule has 1 aromatic rings. The van der Waals surface area contributed by atoms with Crippen molar-refractivity contribution in [2.75, 3.05) is 19.6 Å². The van der Waals surface area contributed by atoms with Gasteiger partial charge in [0, 0.05) is 41.0 Å². The number of carbonyl (C=O) groups is 1. The standard InChI is InChI=1S/C47H71IN4O/c1-8-42-30-36(4)16-15-35(3)29-41(32-39(7)47(53)24-17-37(5)31-43(42)9-2)25-26-51(33-40-19-21-45(48)22-20-40)27-28-52(50)34-46(49)23-18-38(6)44-13-11-10-12-14-44/h11,13-14,17,19-22,24,31,34-35,39,41-43H,4,6,8-10,12,15-16,18,23,25-30,32-33,49-50H2,1-3,5,7H3/b24-17+,37-31+,46-34-/t35?,39?,41?,42-,43-/m0/s1. The highest BCUT2D eigenvalue weighted by atomic mass is 127. The molecule has 0 fully saturated rings. The zero-order valence-electron chi connectivity index (χ0n) is 33.8. The normalized spacial score (nSPS) is 25.5. The maximum atomic E-state index is 13.4. The first-order valence-corrected chi connectivity index (χ1v) is 21.5. The maximum Gasteiger partial charge on any atom is 0.158 e. The van der Waals surface area contributed by atoms with Crippen LogP contribution in [-0.4, -0.2) is 35.3 Å². The second-order valence-corrected chi connectivity index (χ2v) is 17.3. The Bertz CT molecular complexity index is 1470. The summed E-state index contributed by atoms with van der Waals surface area (Å²) >= 11 is 2.37. The number of halogens is 1. The third-order valence-electron chi connectivity index (χ3n) is 11.3. The van der Waals surface area contributed by atoms with Gasteiger partial charge in [-0.15, -0.1) is 0 Å². The molecule has 0 aromatic heterocycles. The van der Waals surface area contributed by atoms with Gasteiger partial charge in [0.25, 0.3) is 0 Å². The third-order valence-corrected chi connectivity index (χ3v) is 12.1. The Morgan fingerprint density at radius 1 is 1.00 bits per heavy atom. The SMILES string of the molecule is C=C1CCC(C)CC(CCN(CCN(N)/C=C(\N)CCC(=C)C2=CCCC=C2)Cc2ccc(I)cc2)CC(C)C(=O)/C=C/C(C)=C/[C@H](CC)[C@@H](CC)C1. The van der Waals surface area contributed by atoms with Gasteiger partial charge in [0.1, 0.15) is 0 Å². The van der Waals surface area contributed by atoms with Gasteiger partial charge in [-0.2, -0.15) is 0 Å². The predicted molar refractivity (Wildman–Crippen MR) is 237 cm³/mol. The molecule has 0 spiro atoms. The summed E-state index contributed by atoms with van der Waals surface area (Å²) < 4.78 is 1.24. The Morgan fingerprint density at radius 3 is 2.43 bits per heavy atom. The lowest BCUT2D eigenvalue weighted by atomic mass is 9.79. The van der Waals surface area contributed by atoms with E-state index in [-0.39, 0.29) is 11.7 Å². The monoisotopic (exact) mass is 834 g/mol. The molecule has 2 aliphatic carbocycles. The van der Waals surface area contributed by atoms with E-state index in [2.05, 4.69) is 130 Å². The minimum absolute atomic E-state index is 0.0108. The van der Waals surface area contributed by atoms with Crippen LogP contribution in [0, 0.1) is 33.2 Å². The quantitative estimate of drug-likeness (QED) is 0.0797. The van der Waals surface area contributed by atoms with Crippen LogP contribution in [0.5, 0.6) is 0 Å². The summed E-state index contributed by atoms with van der Waals surface area (Å²) in [5.41, 5.74) is 13.5. The fourth-order valence-corrected chi connectivity index (χ4v) is 8.27. The molecular weight excluding hydrogens is 763 g/mol. The van der Waals surface area contributed by atoms with Crippen LogP contribution < -0.4 is 11.6 Å². The van der Waals surface area contributed by atoms with Crippen LogP contribution in [-0.2, 0) is 11.3 Å². The first kappa shape index (κ1) is 44.7. The van der Waals surface area contributed by atoms with Gasteiger partial charge in [0.15, 0.2) is 5.78 Å². The molecular formula is C47H71IN4O. The van der Waals surface area contributed by atoms with Gasteiger partial charge in [-0.25, -0.2) is 5.84 Å². The number of benzene rings is 1. The fraction of sp³-hybridized carbons (Fsp3) is 0.553. The van der Waals surface area contributed by atoms with Crippen molar-refractivity contribution in [1.82, 2.24) is 9.91 Å². The summed E-state index contributed by atoms with van der Waals surface area (Å²) in [4.78, 5) is 16.0. The molecule has 0 aliphatic heterocycles. The number of carbonyl (C=O) groups excluding carboxylic acids is 1. The van der Waals surface area contributed by atoms with Crippen LogP contribution in [0.4, 0.5) is 0 Å². The van der Waals surface area contributed by atoms with Gasteiger partial charge in [0.2, 0.25) is 0 Å². The molecule has 0 amide bonds. The molecule has 2 aliphatic rings. The van der Waals surface area contributed by atoms with Crippen LogP contribution in [0.25, 0.3) is 0 Å². The molecule has 3 unspecified atom stereocenters. The number of nitrogens with two attached hydrogens (primary N) is 2. The van der Waals surface area contributed by atoms with E-state index in [4.69, 9.17) is 11.6 Å². The van der Waals surface area contributed by atoms with Gasteiger partial charge >= 0.3 is 0 Å². The molecule has 5 nitrogen and oxygen atoms in total. The highest BCUT2D eigenvalue weighted by molar-refractivity contribution is 14.1. The first-order chi connectivity index (χ1) is 25.4. The number of nitrogens with zero attached hydrogens (tertiary/aromatic N) is 2. The second kappa shape index (κ2) is 24.0. The average Bonchev–Trinajstić information content (AvgIpc) is 3.14. The van der Waals surface area contributed by atoms with E-state index in [0.717, 1.165) is 108 Å². The zero-order valence-corrected chi connectivity index (χ0v) is 36.0. The van der Waals surface area contributed by atoms with Crippen molar-refractivity contribution >= 4 is 28.4 Å². The van der Waals surface area contributed by atoms with E-state index < -0.39 is 0 Å². The minimum atomic E-state index is -0.0108. The fourth-order valence-electron chi connectivity index (χ4n) is 7.91. The van der Waals surface area contributed by atoms with Crippen LogP contribution in [0.1, 0.15) is 117 Å². The largest absolute Gasteiger partial charge is 0.401 e. The van der Waals surface area contributed by atoms with Crippen molar-refractivity contribution in [3.63, 3.8) is 0 Å². The molecule has 3 rings (SSSR count). The van der Waals surface area contributed by atoms with E-state index in [1.165, 1.54) is 25.9 Å². The zero-order chi connectivity index (χ0) is 38.8. The predicted octanol–water partition coefficient (Wildman–Crippen LogP) is 11.6. The number of hydrogen-bond donors (Lipinski definition) is 2. The average molecular weight is 835 g/mol. The molecule has 0 heterocycles. The number of rotatable bonds is 15. The van der Waals surface area contributed by atoms with Gasteiger partial charge in [-0.3, -0.25) is 9.69 Å². The highest BCUT2D eigenvalue weighted by Crippen LogP contribution is 2.32. The molecule has 1 aromatic carbocycles. The maximum absolute atomic E-state index is 13.4. The van der Waals surface area contributed by atoms with Crippen LogP contribution in [0.2, 0.25) is 0 Å². The van der Waals surface area contributed by atoms with E-state index >= 15 is 0 Å². The number of hydrogen-bond acceptors (Lipinski definition) is 5. The van der Waals surface area contributed by atoms with Gasteiger partial charge in [-0.05, 0) is 165 Å². The molecule has 53 heavy (non-hydrogen) atoms. The second-order valence-electron chi connectivity index (χ2n) is 16.1. The Hall–Kier alpha value is -2.68. The topological polar surface area (TPSA) is 75.6 Å². The smallest absolute Gasteiger partial charge is 0.158 e. The molecule has 0 radical (unpaired) electrons. The highest BCUT2D eigenvalue weighted by Gasteiger charge is 2.23. The number of ketones is 1. The molecule has 6 heteroatoms. The van der Waals surface area contributed by atoms with Crippen molar-refractivity contribution < 1.29 is 4.79 Å². The van der Waals surface area contributed by atoms with Gasteiger partial charge in [-0.1, -0.05) is 101 Å². The summed E-state index contributed by atoms with van der Waals surface area (Å²) in [7, 11) is 0. The van der Waals surface area contributed by atoms with Crippen molar-refractivity contribution in [1.29, 1.82) is 0 Å². The molecule has 4 N–H and O–H groups in total. The number of hydrazine groups is 1. The van der Waals surface area contributed by atoms with Crippen LogP contribution in [0.15, 0.2) is 108 Å². The molecule has 0 saturated heterocycles. The Balaban J connectivity index is 1.71. The summed E-state index contributed by atoms with van der Waals surface area (Å²) in [6.07, 6.45) is 27.2. The van der Waals surface area contributed by atoms with Crippen molar-refractivity contribution in [2.45, 2.75) is 118 Å². The summed E-state index contributed by atoms with van der Waals surface area (Å²) in [5, 5.41) is 1.75. The molecule has 0 bridgehead atoms. The van der Waals surface area contributed by atoms with Crippen LogP contribution >= 0.6 is 22.6 Å². The Kier molecular flexibility index (Phi) is 20.2. The van der Waals surface area contributed by atoms with E-state index in [1.807, 2.05) is 12.3 Å².